The maximum Gasteiger partial charge on any atom is 0.147 e. The Morgan fingerprint density at radius 3 is 2.69 bits per heavy atom. The van der Waals surface area contributed by atoms with Crippen LogP contribution >= 0.6 is 11.6 Å². The van der Waals surface area contributed by atoms with Crippen LogP contribution in [0.1, 0.15) is 17.4 Å². The van der Waals surface area contributed by atoms with E-state index < -0.39 is 11.9 Å². The van der Waals surface area contributed by atoms with E-state index in [9.17, 15) is 9.50 Å². The highest BCUT2D eigenvalue weighted by Crippen LogP contribution is 2.22. The van der Waals surface area contributed by atoms with Gasteiger partial charge in [-0.1, -0.05) is 11.6 Å². The van der Waals surface area contributed by atoms with Gasteiger partial charge in [-0.05, 0) is 18.2 Å². The summed E-state index contributed by atoms with van der Waals surface area (Å²) in [6.45, 7) is 0. The fraction of sp³-hybridized carbons (Fsp3) is 0.0909. The van der Waals surface area contributed by atoms with Crippen LogP contribution in [0.3, 0.4) is 0 Å². The van der Waals surface area contributed by atoms with E-state index in [4.69, 9.17) is 11.6 Å². The summed E-state index contributed by atoms with van der Waals surface area (Å²) in [5.74, 6) is -0.563. The second kappa shape index (κ2) is 4.55. The number of aromatic nitrogens is 2. The van der Waals surface area contributed by atoms with Gasteiger partial charge in [0.1, 0.15) is 11.9 Å². The minimum Gasteiger partial charge on any atom is -0.382 e. The van der Waals surface area contributed by atoms with Gasteiger partial charge < -0.3 is 5.11 Å². The quantitative estimate of drug-likeness (QED) is 0.874. The minimum absolute atomic E-state index is 0.143. The Bertz CT molecular complexity index is 490. The lowest BCUT2D eigenvalue weighted by atomic mass is 10.1. The second-order valence-corrected chi connectivity index (χ2v) is 3.64. The van der Waals surface area contributed by atoms with E-state index in [-0.39, 0.29) is 5.56 Å². The average molecular weight is 239 g/mol. The predicted octanol–water partition coefficient (Wildman–Crippen LogP) is 2.35. The maximum atomic E-state index is 13.3. The molecule has 0 saturated carbocycles. The Balaban J connectivity index is 2.35. The number of halogens is 2. The van der Waals surface area contributed by atoms with Gasteiger partial charge in [0.25, 0.3) is 0 Å². The van der Waals surface area contributed by atoms with Crippen LogP contribution in [0.25, 0.3) is 0 Å². The van der Waals surface area contributed by atoms with E-state index in [0.29, 0.717) is 10.7 Å². The molecule has 0 bridgehead atoms. The van der Waals surface area contributed by atoms with Crippen molar-refractivity contribution in [1.82, 2.24) is 9.97 Å². The van der Waals surface area contributed by atoms with Gasteiger partial charge >= 0.3 is 0 Å². The van der Waals surface area contributed by atoms with Crippen LogP contribution in [0.15, 0.2) is 36.8 Å². The molecule has 0 saturated heterocycles. The number of hydrogen-bond acceptors (Lipinski definition) is 3. The molecule has 2 aromatic heterocycles. The van der Waals surface area contributed by atoms with E-state index in [2.05, 4.69) is 9.97 Å². The van der Waals surface area contributed by atoms with Gasteiger partial charge in [-0.2, -0.15) is 0 Å². The van der Waals surface area contributed by atoms with Crippen molar-refractivity contribution in [2.45, 2.75) is 6.10 Å². The third-order valence-electron chi connectivity index (χ3n) is 2.13. The smallest absolute Gasteiger partial charge is 0.147 e. The zero-order chi connectivity index (χ0) is 11.5. The molecule has 2 heterocycles. The van der Waals surface area contributed by atoms with Crippen LogP contribution in [-0.2, 0) is 0 Å². The molecular formula is C11H8ClFN2O. The molecule has 2 aromatic rings. The Labute approximate surface area is 96.6 Å². The SMILES string of the molecule is OC(c1ccc(Cl)cn1)c1ccncc1F. The molecule has 16 heavy (non-hydrogen) atoms. The molecule has 0 radical (unpaired) electrons. The molecule has 0 aliphatic rings. The molecule has 0 aliphatic heterocycles. The van der Waals surface area contributed by atoms with Crippen molar-refractivity contribution in [2.75, 3.05) is 0 Å². The first-order valence-electron chi connectivity index (χ1n) is 4.57. The first kappa shape index (κ1) is 11.0. The standard InChI is InChI=1S/C11H8ClFN2O/c12-7-1-2-10(15-5-7)11(16)8-3-4-14-6-9(8)13/h1-6,11,16H. The van der Waals surface area contributed by atoms with Crippen LogP contribution in [0.2, 0.25) is 5.02 Å². The molecule has 1 atom stereocenters. The number of rotatable bonds is 2. The Hall–Kier alpha value is -1.52. The minimum atomic E-state index is -1.11. The fourth-order valence-corrected chi connectivity index (χ4v) is 1.43. The van der Waals surface area contributed by atoms with Crippen molar-refractivity contribution >= 4 is 11.6 Å². The molecule has 0 fully saturated rings. The van der Waals surface area contributed by atoms with E-state index in [1.165, 1.54) is 18.5 Å². The summed E-state index contributed by atoms with van der Waals surface area (Å²) < 4.78 is 13.3. The lowest BCUT2D eigenvalue weighted by Gasteiger charge is -2.10. The molecule has 3 nitrogen and oxygen atoms in total. The van der Waals surface area contributed by atoms with E-state index in [0.717, 1.165) is 6.20 Å². The molecule has 0 aromatic carbocycles. The number of aliphatic hydroxyl groups excluding tert-OH is 1. The van der Waals surface area contributed by atoms with E-state index in [1.54, 1.807) is 12.1 Å². The van der Waals surface area contributed by atoms with Crippen molar-refractivity contribution in [2.24, 2.45) is 0 Å². The summed E-state index contributed by atoms with van der Waals surface area (Å²) in [5.41, 5.74) is 0.485. The van der Waals surface area contributed by atoms with Crippen LogP contribution < -0.4 is 0 Å². The monoisotopic (exact) mass is 238 g/mol. The Morgan fingerprint density at radius 1 is 1.25 bits per heavy atom. The number of pyridine rings is 2. The van der Waals surface area contributed by atoms with E-state index in [1.807, 2.05) is 0 Å². The van der Waals surface area contributed by atoms with Gasteiger partial charge in [0.05, 0.1) is 16.9 Å². The lowest BCUT2D eigenvalue weighted by molar-refractivity contribution is 0.210. The summed E-state index contributed by atoms with van der Waals surface area (Å²) in [7, 11) is 0. The number of aliphatic hydroxyl groups is 1. The van der Waals surface area contributed by atoms with Crippen molar-refractivity contribution in [3.05, 3.63) is 58.9 Å². The van der Waals surface area contributed by atoms with Crippen LogP contribution in [0.5, 0.6) is 0 Å². The second-order valence-electron chi connectivity index (χ2n) is 3.20. The van der Waals surface area contributed by atoms with Gasteiger partial charge in [0.15, 0.2) is 0 Å². The molecule has 5 heteroatoms. The van der Waals surface area contributed by atoms with Crippen molar-refractivity contribution in [3.63, 3.8) is 0 Å². The first-order chi connectivity index (χ1) is 7.68. The van der Waals surface area contributed by atoms with Gasteiger partial charge in [0.2, 0.25) is 0 Å². The summed E-state index contributed by atoms with van der Waals surface area (Å²) in [6, 6.07) is 4.55. The molecule has 1 N–H and O–H groups in total. The predicted molar refractivity (Wildman–Crippen MR) is 57.5 cm³/mol. The maximum absolute atomic E-state index is 13.3. The molecule has 2 rings (SSSR count). The van der Waals surface area contributed by atoms with Gasteiger partial charge in [-0.3, -0.25) is 9.97 Å². The van der Waals surface area contributed by atoms with Gasteiger partial charge in [-0.25, -0.2) is 4.39 Å². The zero-order valence-electron chi connectivity index (χ0n) is 8.14. The lowest BCUT2D eigenvalue weighted by Crippen LogP contribution is -2.04. The highest BCUT2D eigenvalue weighted by atomic mass is 35.5. The van der Waals surface area contributed by atoms with Crippen LogP contribution in [-0.4, -0.2) is 15.1 Å². The Morgan fingerprint density at radius 2 is 2.06 bits per heavy atom. The first-order valence-corrected chi connectivity index (χ1v) is 4.95. The zero-order valence-corrected chi connectivity index (χ0v) is 8.89. The highest BCUT2D eigenvalue weighted by Gasteiger charge is 2.15. The summed E-state index contributed by atoms with van der Waals surface area (Å²) >= 11 is 5.67. The van der Waals surface area contributed by atoms with Gasteiger partial charge in [-0.15, -0.1) is 0 Å². The molecule has 0 spiro atoms. The Kier molecular flexibility index (Phi) is 3.12. The molecular weight excluding hydrogens is 231 g/mol. The fourth-order valence-electron chi connectivity index (χ4n) is 1.32. The molecule has 82 valence electrons. The van der Waals surface area contributed by atoms with Gasteiger partial charge in [0, 0.05) is 18.0 Å². The van der Waals surface area contributed by atoms with Crippen molar-refractivity contribution in [3.8, 4) is 0 Å². The number of nitrogens with zero attached hydrogens (tertiary/aromatic N) is 2. The van der Waals surface area contributed by atoms with Crippen LogP contribution in [0, 0.1) is 5.82 Å². The molecule has 0 amide bonds. The highest BCUT2D eigenvalue weighted by molar-refractivity contribution is 6.30. The molecule has 1 unspecified atom stereocenters. The topological polar surface area (TPSA) is 46.0 Å². The normalized spacial score (nSPS) is 12.4. The molecule has 0 aliphatic carbocycles. The van der Waals surface area contributed by atoms with E-state index >= 15 is 0 Å². The third kappa shape index (κ3) is 2.18. The summed E-state index contributed by atoms with van der Waals surface area (Å²) in [5, 5.41) is 10.4. The van der Waals surface area contributed by atoms with Crippen molar-refractivity contribution in [1.29, 1.82) is 0 Å². The number of hydrogen-bond donors (Lipinski definition) is 1. The largest absolute Gasteiger partial charge is 0.382 e. The summed E-state index contributed by atoms with van der Waals surface area (Å²) in [6.07, 6.45) is 2.76. The van der Waals surface area contributed by atoms with Crippen molar-refractivity contribution < 1.29 is 9.50 Å². The average Bonchev–Trinajstić information content (AvgIpc) is 2.30. The third-order valence-corrected chi connectivity index (χ3v) is 2.35. The summed E-state index contributed by atoms with van der Waals surface area (Å²) in [4.78, 5) is 7.53. The van der Waals surface area contributed by atoms with Crippen LogP contribution in [0.4, 0.5) is 4.39 Å².